The Kier molecular flexibility index (Phi) is 3.51. The van der Waals surface area contributed by atoms with E-state index in [0.717, 1.165) is 0 Å². The van der Waals surface area contributed by atoms with E-state index < -0.39 is 15.1 Å². The standard InChI is InChI=1S/C6H13NO3S/c1-4-11(9,10)6(3)5(2)7-8/h6,8H,4H2,1-3H3/b7-5+. The summed E-state index contributed by atoms with van der Waals surface area (Å²) in [7, 11) is -3.10. The van der Waals surface area contributed by atoms with Crippen LogP contribution in [0.3, 0.4) is 0 Å². The van der Waals surface area contributed by atoms with Crippen molar-refractivity contribution in [1.29, 1.82) is 0 Å². The lowest BCUT2D eigenvalue weighted by Crippen LogP contribution is -2.26. The van der Waals surface area contributed by atoms with Crippen molar-refractivity contribution < 1.29 is 13.6 Å². The second-order valence-electron chi connectivity index (χ2n) is 2.34. The molecule has 0 aromatic heterocycles. The second-order valence-corrected chi connectivity index (χ2v) is 4.95. The van der Waals surface area contributed by atoms with Gasteiger partial charge in [0.1, 0.15) is 0 Å². The van der Waals surface area contributed by atoms with E-state index in [2.05, 4.69) is 5.16 Å². The zero-order chi connectivity index (χ0) is 9.07. The number of hydrogen-bond donors (Lipinski definition) is 1. The molecule has 0 radical (unpaired) electrons. The van der Waals surface area contributed by atoms with Crippen LogP contribution in [-0.2, 0) is 9.84 Å². The molecule has 5 heteroatoms. The first-order valence-corrected chi connectivity index (χ1v) is 5.07. The summed E-state index contributed by atoms with van der Waals surface area (Å²) in [4.78, 5) is 0. The van der Waals surface area contributed by atoms with Gasteiger partial charge in [-0.25, -0.2) is 8.42 Å². The third-order valence-corrected chi connectivity index (χ3v) is 3.91. The molecule has 0 saturated carbocycles. The summed E-state index contributed by atoms with van der Waals surface area (Å²) in [5, 5.41) is 10.4. The lowest BCUT2D eigenvalue weighted by atomic mass is 10.3. The van der Waals surface area contributed by atoms with Gasteiger partial charge in [0.25, 0.3) is 0 Å². The van der Waals surface area contributed by atoms with Crippen LogP contribution < -0.4 is 0 Å². The lowest BCUT2D eigenvalue weighted by Gasteiger charge is -2.08. The average molecular weight is 179 g/mol. The molecule has 0 rings (SSSR count). The molecule has 0 bridgehead atoms. The van der Waals surface area contributed by atoms with Crippen LogP contribution in [0.1, 0.15) is 20.8 Å². The number of oxime groups is 1. The lowest BCUT2D eigenvalue weighted by molar-refractivity contribution is 0.317. The summed E-state index contributed by atoms with van der Waals surface area (Å²) in [5.41, 5.74) is 0.229. The molecule has 4 nitrogen and oxygen atoms in total. The summed E-state index contributed by atoms with van der Waals surface area (Å²) in [6, 6.07) is 0. The molecule has 1 atom stereocenters. The molecule has 0 aliphatic heterocycles. The Morgan fingerprint density at radius 3 is 2.36 bits per heavy atom. The molecule has 0 aliphatic carbocycles. The first kappa shape index (κ1) is 10.4. The zero-order valence-corrected chi connectivity index (χ0v) is 7.72. The first-order valence-electron chi connectivity index (χ1n) is 3.35. The Morgan fingerprint density at radius 2 is 2.09 bits per heavy atom. The van der Waals surface area contributed by atoms with Crippen LogP contribution in [-0.4, -0.2) is 30.3 Å². The maximum Gasteiger partial charge on any atom is 0.158 e. The van der Waals surface area contributed by atoms with E-state index in [9.17, 15) is 8.42 Å². The van der Waals surface area contributed by atoms with Gasteiger partial charge in [0.15, 0.2) is 9.84 Å². The quantitative estimate of drug-likeness (QED) is 0.393. The van der Waals surface area contributed by atoms with E-state index in [1.165, 1.54) is 13.8 Å². The molecule has 0 saturated heterocycles. The molecule has 0 aliphatic rings. The molecule has 0 aromatic rings. The highest BCUT2D eigenvalue weighted by atomic mass is 32.2. The third kappa shape index (κ3) is 2.49. The van der Waals surface area contributed by atoms with Crippen molar-refractivity contribution in [1.82, 2.24) is 0 Å². The first-order chi connectivity index (χ1) is 4.95. The summed E-state index contributed by atoms with van der Waals surface area (Å²) in [6.07, 6.45) is 0. The van der Waals surface area contributed by atoms with Crippen LogP contribution >= 0.6 is 0 Å². The van der Waals surface area contributed by atoms with E-state index in [0.29, 0.717) is 0 Å². The Hall–Kier alpha value is -0.580. The maximum atomic E-state index is 11.1. The minimum Gasteiger partial charge on any atom is -0.411 e. The Labute approximate surface area is 66.8 Å². The van der Waals surface area contributed by atoms with Crippen LogP contribution in [0.4, 0.5) is 0 Å². The molecule has 1 unspecified atom stereocenters. The fourth-order valence-corrected chi connectivity index (χ4v) is 1.66. The van der Waals surface area contributed by atoms with Crippen molar-refractivity contribution in [3.05, 3.63) is 0 Å². The van der Waals surface area contributed by atoms with Crippen LogP contribution in [0.5, 0.6) is 0 Å². The van der Waals surface area contributed by atoms with Gasteiger partial charge in [-0.2, -0.15) is 0 Å². The van der Waals surface area contributed by atoms with Crippen molar-refractivity contribution in [2.45, 2.75) is 26.0 Å². The number of sulfone groups is 1. The highest BCUT2D eigenvalue weighted by Gasteiger charge is 2.21. The fraction of sp³-hybridized carbons (Fsp3) is 0.833. The fourth-order valence-electron chi connectivity index (χ4n) is 0.591. The number of rotatable bonds is 3. The van der Waals surface area contributed by atoms with Gasteiger partial charge in [-0.05, 0) is 13.8 Å². The summed E-state index contributed by atoms with van der Waals surface area (Å²) < 4.78 is 22.2. The molecular formula is C6H13NO3S. The molecule has 1 N–H and O–H groups in total. The van der Waals surface area contributed by atoms with Crippen LogP contribution in [0.25, 0.3) is 0 Å². The van der Waals surface area contributed by atoms with Crippen molar-refractivity contribution in [3.63, 3.8) is 0 Å². The largest absolute Gasteiger partial charge is 0.411 e. The Bertz CT molecular complexity index is 243. The molecule has 0 heterocycles. The van der Waals surface area contributed by atoms with E-state index in [-0.39, 0.29) is 11.5 Å². The Balaban J connectivity index is 4.64. The van der Waals surface area contributed by atoms with Gasteiger partial charge in [0, 0.05) is 5.75 Å². The molecule has 11 heavy (non-hydrogen) atoms. The van der Waals surface area contributed by atoms with E-state index in [4.69, 9.17) is 5.21 Å². The highest BCUT2D eigenvalue weighted by molar-refractivity contribution is 7.92. The normalized spacial score (nSPS) is 16.5. The highest BCUT2D eigenvalue weighted by Crippen LogP contribution is 2.03. The third-order valence-electron chi connectivity index (χ3n) is 1.69. The smallest absolute Gasteiger partial charge is 0.158 e. The topological polar surface area (TPSA) is 66.7 Å². The second kappa shape index (κ2) is 3.71. The van der Waals surface area contributed by atoms with Crippen LogP contribution in [0.15, 0.2) is 5.16 Å². The summed E-state index contributed by atoms with van der Waals surface area (Å²) in [6.45, 7) is 4.56. The van der Waals surface area contributed by atoms with Gasteiger partial charge in [0.05, 0.1) is 11.0 Å². The van der Waals surface area contributed by atoms with Crippen LogP contribution in [0, 0.1) is 0 Å². The number of nitrogens with zero attached hydrogens (tertiary/aromatic N) is 1. The van der Waals surface area contributed by atoms with Gasteiger partial charge >= 0.3 is 0 Å². The van der Waals surface area contributed by atoms with Crippen molar-refractivity contribution in [2.75, 3.05) is 5.75 Å². The molecule has 0 spiro atoms. The van der Waals surface area contributed by atoms with E-state index in [1.54, 1.807) is 6.92 Å². The average Bonchev–Trinajstić information content (AvgIpc) is 2.01. The van der Waals surface area contributed by atoms with Gasteiger partial charge in [-0.1, -0.05) is 12.1 Å². The van der Waals surface area contributed by atoms with Crippen LogP contribution in [0.2, 0.25) is 0 Å². The SMILES string of the molecule is CCS(=O)(=O)C(C)/C(C)=N/O. The predicted molar refractivity (Wildman–Crippen MR) is 43.8 cm³/mol. The van der Waals surface area contributed by atoms with Crippen molar-refractivity contribution in [2.24, 2.45) is 5.16 Å². The maximum absolute atomic E-state index is 11.1. The number of hydrogen-bond acceptors (Lipinski definition) is 4. The minimum atomic E-state index is -3.10. The van der Waals surface area contributed by atoms with Gasteiger partial charge in [-0.3, -0.25) is 0 Å². The monoisotopic (exact) mass is 179 g/mol. The molecule has 66 valence electrons. The van der Waals surface area contributed by atoms with E-state index >= 15 is 0 Å². The van der Waals surface area contributed by atoms with Crippen molar-refractivity contribution in [3.8, 4) is 0 Å². The Morgan fingerprint density at radius 1 is 1.64 bits per heavy atom. The summed E-state index contributed by atoms with van der Waals surface area (Å²) in [5.74, 6) is 0.0705. The summed E-state index contributed by atoms with van der Waals surface area (Å²) >= 11 is 0. The zero-order valence-electron chi connectivity index (χ0n) is 6.90. The molecule has 0 fully saturated rings. The van der Waals surface area contributed by atoms with Gasteiger partial charge < -0.3 is 5.21 Å². The van der Waals surface area contributed by atoms with Crippen molar-refractivity contribution >= 4 is 15.5 Å². The molecule has 0 aromatic carbocycles. The molecular weight excluding hydrogens is 166 g/mol. The predicted octanol–water partition coefficient (Wildman–Crippen LogP) is 0.660. The minimum absolute atomic E-state index is 0.0705. The van der Waals surface area contributed by atoms with E-state index in [1.807, 2.05) is 0 Å². The van der Waals surface area contributed by atoms with Gasteiger partial charge in [-0.15, -0.1) is 0 Å². The molecule has 0 amide bonds. The van der Waals surface area contributed by atoms with Gasteiger partial charge in [0.2, 0.25) is 0 Å².